The molecule has 0 fully saturated rings. The predicted molar refractivity (Wildman–Crippen MR) is 41.5 cm³/mol. The second kappa shape index (κ2) is 2.57. The van der Waals surface area contributed by atoms with Crippen molar-refractivity contribution < 1.29 is 0 Å². The molecule has 0 saturated carbocycles. The van der Waals surface area contributed by atoms with Crippen LogP contribution in [0.5, 0.6) is 0 Å². The molecule has 0 N–H and O–H groups in total. The van der Waals surface area contributed by atoms with E-state index in [2.05, 4.69) is 19.9 Å². The molecule has 1 atom stereocenters. The van der Waals surface area contributed by atoms with Crippen LogP contribution < -0.4 is 0 Å². The van der Waals surface area contributed by atoms with Crippen LogP contribution >= 0.6 is 11.6 Å². The lowest BCUT2D eigenvalue weighted by molar-refractivity contribution is 0.684. The van der Waals surface area contributed by atoms with Crippen molar-refractivity contribution in [3.05, 3.63) is 22.8 Å². The normalized spacial score (nSPS) is 27.2. The Balaban J connectivity index is 2.83. The van der Waals surface area contributed by atoms with E-state index >= 15 is 0 Å². The molecule has 0 aromatic heterocycles. The summed E-state index contributed by atoms with van der Waals surface area (Å²) in [6, 6.07) is 0. The Labute approximate surface area is 61.2 Å². The van der Waals surface area contributed by atoms with Gasteiger partial charge < -0.3 is 0 Å². The lowest BCUT2D eigenvalue weighted by Gasteiger charge is -2.14. The fraction of sp³-hybridized carbons (Fsp3) is 0.500. The zero-order chi connectivity index (χ0) is 6.85. The first kappa shape index (κ1) is 6.88. The maximum Gasteiger partial charge on any atom is 0.0394 e. The first-order valence-corrected chi connectivity index (χ1v) is 3.62. The molecule has 0 aliphatic heterocycles. The van der Waals surface area contributed by atoms with Gasteiger partial charge in [-0.15, -0.1) is 0 Å². The van der Waals surface area contributed by atoms with Crippen molar-refractivity contribution in [3.63, 3.8) is 0 Å². The SMILES string of the molecule is CC1=C(Cl)C=CCC1C. The molecule has 0 radical (unpaired) electrons. The van der Waals surface area contributed by atoms with Gasteiger partial charge in [-0.05, 0) is 25.3 Å². The van der Waals surface area contributed by atoms with Gasteiger partial charge >= 0.3 is 0 Å². The summed E-state index contributed by atoms with van der Waals surface area (Å²) < 4.78 is 0. The van der Waals surface area contributed by atoms with E-state index in [0.29, 0.717) is 5.92 Å². The van der Waals surface area contributed by atoms with E-state index in [9.17, 15) is 0 Å². The summed E-state index contributed by atoms with van der Waals surface area (Å²) in [5.74, 6) is 0.641. The number of hydrogen-bond acceptors (Lipinski definition) is 0. The van der Waals surface area contributed by atoms with Crippen molar-refractivity contribution in [2.24, 2.45) is 5.92 Å². The molecule has 1 unspecified atom stereocenters. The molecule has 0 bridgehead atoms. The van der Waals surface area contributed by atoms with E-state index in [0.717, 1.165) is 11.5 Å². The third-order valence-corrected chi connectivity index (χ3v) is 2.29. The molecular formula is C8H11Cl. The molecule has 0 nitrogen and oxygen atoms in total. The summed E-state index contributed by atoms with van der Waals surface area (Å²) in [7, 11) is 0. The Morgan fingerprint density at radius 3 is 2.78 bits per heavy atom. The molecule has 9 heavy (non-hydrogen) atoms. The van der Waals surface area contributed by atoms with Gasteiger partial charge in [-0.3, -0.25) is 0 Å². The molecule has 1 heteroatoms. The Morgan fingerprint density at radius 2 is 2.33 bits per heavy atom. The van der Waals surface area contributed by atoms with Gasteiger partial charge in [0, 0.05) is 5.03 Å². The molecule has 0 heterocycles. The quantitative estimate of drug-likeness (QED) is 0.488. The highest BCUT2D eigenvalue weighted by molar-refractivity contribution is 6.31. The highest BCUT2D eigenvalue weighted by Gasteiger charge is 2.08. The molecule has 0 spiro atoms. The molecule has 0 amide bonds. The Bertz CT molecular complexity index is 165. The van der Waals surface area contributed by atoms with Crippen LogP contribution in [0.1, 0.15) is 20.3 Å². The predicted octanol–water partition coefficient (Wildman–Crippen LogP) is 3.10. The minimum Gasteiger partial charge on any atom is -0.0844 e. The van der Waals surface area contributed by atoms with E-state index in [4.69, 9.17) is 11.6 Å². The lowest BCUT2D eigenvalue weighted by atomic mass is 9.95. The van der Waals surface area contributed by atoms with Gasteiger partial charge in [-0.2, -0.15) is 0 Å². The van der Waals surface area contributed by atoms with Crippen molar-refractivity contribution in [2.45, 2.75) is 20.3 Å². The summed E-state index contributed by atoms with van der Waals surface area (Å²) in [6.07, 6.45) is 5.25. The van der Waals surface area contributed by atoms with Crippen molar-refractivity contribution in [1.29, 1.82) is 0 Å². The van der Waals surface area contributed by atoms with Crippen LogP contribution in [-0.2, 0) is 0 Å². The molecule has 1 aliphatic rings. The monoisotopic (exact) mass is 142 g/mol. The van der Waals surface area contributed by atoms with Gasteiger partial charge in [0.2, 0.25) is 0 Å². The maximum absolute atomic E-state index is 5.85. The molecule has 50 valence electrons. The second-order valence-electron chi connectivity index (χ2n) is 2.57. The van der Waals surface area contributed by atoms with E-state index in [1.54, 1.807) is 0 Å². The van der Waals surface area contributed by atoms with Gasteiger partial charge in [0.25, 0.3) is 0 Å². The summed E-state index contributed by atoms with van der Waals surface area (Å²) in [6.45, 7) is 4.29. The fourth-order valence-corrected chi connectivity index (χ4v) is 1.19. The molecular weight excluding hydrogens is 132 g/mol. The minimum absolute atomic E-state index is 0.641. The average molecular weight is 143 g/mol. The number of allylic oxidation sites excluding steroid dienone is 4. The van der Waals surface area contributed by atoms with Gasteiger partial charge in [-0.25, -0.2) is 0 Å². The average Bonchev–Trinajstić information content (AvgIpc) is 1.83. The number of halogens is 1. The van der Waals surface area contributed by atoms with Gasteiger partial charge in [-0.1, -0.05) is 30.2 Å². The van der Waals surface area contributed by atoms with Crippen molar-refractivity contribution in [2.75, 3.05) is 0 Å². The highest BCUT2D eigenvalue weighted by atomic mass is 35.5. The van der Waals surface area contributed by atoms with E-state index in [1.807, 2.05) is 6.08 Å². The maximum atomic E-state index is 5.85. The second-order valence-corrected chi connectivity index (χ2v) is 2.98. The van der Waals surface area contributed by atoms with Gasteiger partial charge in [0.1, 0.15) is 0 Å². The van der Waals surface area contributed by atoms with E-state index in [1.165, 1.54) is 5.57 Å². The molecule has 0 aromatic rings. The van der Waals surface area contributed by atoms with Gasteiger partial charge in [0.05, 0.1) is 0 Å². The van der Waals surface area contributed by atoms with E-state index in [-0.39, 0.29) is 0 Å². The minimum atomic E-state index is 0.641. The van der Waals surface area contributed by atoms with Crippen LogP contribution in [0.15, 0.2) is 22.8 Å². The third-order valence-electron chi connectivity index (χ3n) is 1.87. The Morgan fingerprint density at radius 1 is 1.67 bits per heavy atom. The first-order valence-electron chi connectivity index (χ1n) is 3.24. The Hall–Kier alpha value is -0.230. The first-order chi connectivity index (χ1) is 4.22. The van der Waals surface area contributed by atoms with Crippen LogP contribution in [0.3, 0.4) is 0 Å². The summed E-state index contributed by atoms with van der Waals surface area (Å²) in [5.41, 5.74) is 1.32. The lowest BCUT2D eigenvalue weighted by Crippen LogP contribution is -1.99. The summed E-state index contributed by atoms with van der Waals surface area (Å²) in [4.78, 5) is 0. The van der Waals surface area contributed by atoms with Gasteiger partial charge in [0.15, 0.2) is 0 Å². The zero-order valence-electron chi connectivity index (χ0n) is 5.82. The van der Waals surface area contributed by atoms with Crippen LogP contribution in [0, 0.1) is 5.92 Å². The standard InChI is InChI=1S/C8H11Cl/c1-6-4-3-5-8(9)7(6)2/h3,5-6H,4H2,1-2H3. The fourth-order valence-electron chi connectivity index (χ4n) is 0.919. The van der Waals surface area contributed by atoms with E-state index < -0.39 is 0 Å². The van der Waals surface area contributed by atoms with Crippen molar-refractivity contribution >= 4 is 11.6 Å². The molecule has 1 rings (SSSR count). The van der Waals surface area contributed by atoms with Crippen LogP contribution in [0.4, 0.5) is 0 Å². The largest absolute Gasteiger partial charge is 0.0844 e. The zero-order valence-corrected chi connectivity index (χ0v) is 6.57. The Kier molecular flexibility index (Phi) is 1.97. The molecule has 1 aliphatic carbocycles. The third kappa shape index (κ3) is 1.36. The van der Waals surface area contributed by atoms with Crippen LogP contribution in [-0.4, -0.2) is 0 Å². The molecule has 0 aromatic carbocycles. The number of rotatable bonds is 0. The summed E-state index contributed by atoms with van der Waals surface area (Å²) >= 11 is 5.85. The smallest absolute Gasteiger partial charge is 0.0394 e. The van der Waals surface area contributed by atoms with Crippen molar-refractivity contribution in [1.82, 2.24) is 0 Å². The van der Waals surface area contributed by atoms with Crippen molar-refractivity contribution in [3.8, 4) is 0 Å². The number of hydrogen-bond donors (Lipinski definition) is 0. The van der Waals surface area contributed by atoms with Crippen LogP contribution in [0.2, 0.25) is 0 Å². The summed E-state index contributed by atoms with van der Waals surface area (Å²) in [5, 5.41) is 0.925. The highest BCUT2D eigenvalue weighted by Crippen LogP contribution is 2.26. The topological polar surface area (TPSA) is 0 Å². The van der Waals surface area contributed by atoms with Crippen LogP contribution in [0.25, 0.3) is 0 Å². The molecule has 0 saturated heterocycles.